The highest BCUT2D eigenvalue weighted by atomic mass is 32.2. The fourth-order valence-corrected chi connectivity index (χ4v) is 3.53. The number of sulfonamides is 1. The van der Waals surface area contributed by atoms with Crippen LogP contribution in [0.25, 0.3) is 0 Å². The lowest BCUT2D eigenvalue weighted by Gasteiger charge is -2.22. The van der Waals surface area contributed by atoms with E-state index in [-0.39, 0.29) is 17.7 Å². The Balaban J connectivity index is 1.76. The second-order valence-electron chi connectivity index (χ2n) is 6.02. The lowest BCUT2D eigenvalue weighted by atomic mass is 10.1. The smallest absolute Gasteiger partial charge is 0.254 e. The van der Waals surface area contributed by atoms with Gasteiger partial charge in [0.05, 0.1) is 11.8 Å². The molecule has 1 aromatic carbocycles. The van der Waals surface area contributed by atoms with Crippen LogP contribution < -0.4 is 4.72 Å². The molecule has 1 saturated heterocycles. The van der Waals surface area contributed by atoms with Crippen molar-refractivity contribution >= 4 is 21.6 Å². The molecule has 1 aromatic heterocycles. The van der Waals surface area contributed by atoms with Gasteiger partial charge in [-0.15, -0.1) is 0 Å². The Morgan fingerprint density at radius 2 is 2.08 bits per heavy atom. The zero-order valence-electron chi connectivity index (χ0n) is 14.2. The number of aromatic nitrogens is 3. The first kappa shape index (κ1) is 17.4. The molecule has 3 rings (SSSR count). The predicted octanol–water partition coefficient (Wildman–Crippen LogP) is 1.85. The summed E-state index contributed by atoms with van der Waals surface area (Å²) in [4.78, 5) is 18.9. The summed E-state index contributed by atoms with van der Waals surface area (Å²) >= 11 is 0. The maximum Gasteiger partial charge on any atom is 0.254 e. The number of rotatable bonds is 5. The molecule has 0 saturated carbocycles. The Morgan fingerprint density at radius 1 is 1.36 bits per heavy atom. The van der Waals surface area contributed by atoms with Gasteiger partial charge in [0, 0.05) is 17.8 Å². The first-order chi connectivity index (χ1) is 11.9. The van der Waals surface area contributed by atoms with Crippen LogP contribution in [-0.2, 0) is 10.0 Å². The summed E-state index contributed by atoms with van der Waals surface area (Å²) in [7, 11) is -3.33. The molecule has 2 N–H and O–H groups in total. The molecule has 25 heavy (non-hydrogen) atoms. The van der Waals surface area contributed by atoms with Gasteiger partial charge in [0.25, 0.3) is 5.91 Å². The van der Waals surface area contributed by atoms with Gasteiger partial charge in [-0.1, -0.05) is 0 Å². The maximum atomic E-state index is 12.8. The number of likely N-dealkylation sites (tertiary alicyclic amines) is 1. The molecule has 0 unspecified atom stereocenters. The molecule has 8 nitrogen and oxygen atoms in total. The SMILES string of the molecule is CCS(=O)(=O)Nc1ccc(C(=O)N2CCC[C@H]2c2n[nH]c(C)n2)cc1. The molecular formula is C16H21N5O3S. The highest BCUT2D eigenvalue weighted by molar-refractivity contribution is 7.92. The Bertz CT molecular complexity index is 860. The fourth-order valence-electron chi connectivity index (χ4n) is 2.89. The molecule has 9 heteroatoms. The number of aromatic amines is 1. The molecular weight excluding hydrogens is 342 g/mol. The number of hydrogen-bond acceptors (Lipinski definition) is 5. The van der Waals surface area contributed by atoms with E-state index in [1.165, 1.54) is 0 Å². The number of amides is 1. The number of H-pyrrole nitrogens is 1. The van der Waals surface area contributed by atoms with Crippen LogP contribution in [-0.4, -0.2) is 46.7 Å². The Kier molecular flexibility index (Phi) is 4.76. The summed E-state index contributed by atoms with van der Waals surface area (Å²) in [5.74, 6) is 1.26. The van der Waals surface area contributed by atoms with Gasteiger partial charge in [-0.2, -0.15) is 5.10 Å². The minimum atomic E-state index is -3.33. The van der Waals surface area contributed by atoms with Gasteiger partial charge in [-0.25, -0.2) is 13.4 Å². The predicted molar refractivity (Wildman–Crippen MR) is 93.7 cm³/mol. The van der Waals surface area contributed by atoms with E-state index in [0.717, 1.165) is 18.7 Å². The van der Waals surface area contributed by atoms with E-state index in [2.05, 4.69) is 19.9 Å². The normalized spacial score (nSPS) is 17.7. The maximum absolute atomic E-state index is 12.8. The molecule has 134 valence electrons. The molecule has 1 amide bonds. The summed E-state index contributed by atoms with van der Waals surface area (Å²) in [6.07, 6.45) is 1.73. The van der Waals surface area contributed by atoms with Gasteiger partial charge in [0.15, 0.2) is 5.82 Å². The van der Waals surface area contributed by atoms with E-state index in [9.17, 15) is 13.2 Å². The second-order valence-corrected chi connectivity index (χ2v) is 8.03. The van der Waals surface area contributed by atoms with Crippen molar-refractivity contribution in [2.75, 3.05) is 17.0 Å². The number of hydrogen-bond donors (Lipinski definition) is 2. The third-order valence-corrected chi connectivity index (χ3v) is 5.52. The van der Waals surface area contributed by atoms with E-state index in [1.807, 2.05) is 6.92 Å². The summed E-state index contributed by atoms with van der Waals surface area (Å²) in [6.45, 7) is 4.05. The van der Waals surface area contributed by atoms with Gasteiger partial charge in [-0.05, 0) is 51.0 Å². The molecule has 2 aromatic rings. The van der Waals surface area contributed by atoms with E-state index in [0.29, 0.717) is 23.6 Å². The van der Waals surface area contributed by atoms with Crippen LogP contribution in [0.4, 0.5) is 5.69 Å². The van der Waals surface area contributed by atoms with Crippen LogP contribution in [0.5, 0.6) is 0 Å². The molecule has 1 aliphatic heterocycles. The highest BCUT2D eigenvalue weighted by Gasteiger charge is 2.33. The molecule has 1 aliphatic rings. The van der Waals surface area contributed by atoms with Crippen molar-refractivity contribution in [3.05, 3.63) is 41.5 Å². The van der Waals surface area contributed by atoms with Crippen LogP contribution in [0.1, 0.15) is 47.8 Å². The topological polar surface area (TPSA) is 108 Å². The number of aryl methyl sites for hydroxylation is 1. The van der Waals surface area contributed by atoms with Crippen molar-refractivity contribution < 1.29 is 13.2 Å². The second kappa shape index (κ2) is 6.83. The van der Waals surface area contributed by atoms with Gasteiger partial charge < -0.3 is 4.90 Å². The number of carbonyl (C=O) groups excluding carboxylic acids is 1. The van der Waals surface area contributed by atoms with E-state index < -0.39 is 10.0 Å². The van der Waals surface area contributed by atoms with Gasteiger partial charge in [0.1, 0.15) is 5.82 Å². The van der Waals surface area contributed by atoms with Gasteiger partial charge >= 0.3 is 0 Å². The monoisotopic (exact) mass is 363 g/mol. The summed E-state index contributed by atoms with van der Waals surface area (Å²) < 4.78 is 25.7. The van der Waals surface area contributed by atoms with E-state index >= 15 is 0 Å². The summed E-state index contributed by atoms with van der Waals surface area (Å²) in [6, 6.07) is 6.34. The standard InChI is InChI=1S/C16H21N5O3S/c1-3-25(23,24)20-13-8-6-12(7-9-13)16(22)21-10-4-5-14(21)15-17-11(2)18-19-15/h6-9,14,20H,3-5,10H2,1-2H3,(H,17,18,19)/t14-/m0/s1. The van der Waals surface area contributed by atoms with Gasteiger partial charge in [-0.3, -0.25) is 14.6 Å². The molecule has 0 spiro atoms. The third-order valence-electron chi connectivity index (χ3n) is 4.21. The number of anilines is 1. The Labute approximate surface area is 146 Å². The van der Waals surface area contributed by atoms with Gasteiger partial charge in [0.2, 0.25) is 10.0 Å². The number of carbonyl (C=O) groups is 1. The van der Waals surface area contributed by atoms with Crippen molar-refractivity contribution in [1.29, 1.82) is 0 Å². The zero-order valence-corrected chi connectivity index (χ0v) is 15.0. The molecule has 0 aliphatic carbocycles. The van der Waals surface area contributed by atoms with Crippen LogP contribution in [0, 0.1) is 6.92 Å². The third kappa shape index (κ3) is 3.81. The lowest BCUT2D eigenvalue weighted by Crippen LogP contribution is -2.31. The van der Waals surface area contributed by atoms with Crippen LogP contribution in [0.3, 0.4) is 0 Å². The molecule has 2 heterocycles. The first-order valence-electron chi connectivity index (χ1n) is 8.20. The van der Waals surface area contributed by atoms with Crippen LogP contribution >= 0.6 is 0 Å². The van der Waals surface area contributed by atoms with Crippen molar-refractivity contribution in [2.45, 2.75) is 32.7 Å². The highest BCUT2D eigenvalue weighted by Crippen LogP contribution is 2.31. The fraction of sp³-hybridized carbons (Fsp3) is 0.438. The van der Waals surface area contributed by atoms with Crippen molar-refractivity contribution in [3.8, 4) is 0 Å². The molecule has 0 radical (unpaired) electrons. The van der Waals surface area contributed by atoms with E-state index in [4.69, 9.17) is 0 Å². The number of benzene rings is 1. The Hall–Kier alpha value is -2.42. The average Bonchev–Trinajstić information content (AvgIpc) is 3.23. The van der Waals surface area contributed by atoms with Crippen LogP contribution in [0.2, 0.25) is 0 Å². The number of nitrogens with zero attached hydrogens (tertiary/aromatic N) is 3. The van der Waals surface area contributed by atoms with Crippen molar-refractivity contribution in [3.63, 3.8) is 0 Å². The zero-order chi connectivity index (χ0) is 18.0. The first-order valence-corrected chi connectivity index (χ1v) is 9.85. The summed E-state index contributed by atoms with van der Waals surface area (Å²) in [5.41, 5.74) is 0.958. The summed E-state index contributed by atoms with van der Waals surface area (Å²) in [5, 5.41) is 7.00. The minimum Gasteiger partial charge on any atom is -0.328 e. The number of nitrogens with one attached hydrogen (secondary N) is 2. The molecule has 1 atom stereocenters. The van der Waals surface area contributed by atoms with Crippen molar-refractivity contribution in [2.24, 2.45) is 0 Å². The van der Waals surface area contributed by atoms with Crippen LogP contribution in [0.15, 0.2) is 24.3 Å². The van der Waals surface area contributed by atoms with E-state index in [1.54, 1.807) is 36.1 Å². The quantitative estimate of drug-likeness (QED) is 0.843. The minimum absolute atomic E-state index is 0.000772. The Morgan fingerprint density at radius 3 is 2.68 bits per heavy atom. The van der Waals surface area contributed by atoms with Crippen molar-refractivity contribution in [1.82, 2.24) is 20.1 Å². The molecule has 1 fully saturated rings. The average molecular weight is 363 g/mol. The lowest BCUT2D eigenvalue weighted by molar-refractivity contribution is 0.0730. The largest absolute Gasteiger partial charge is 0.328 e. The molecule has 0 bridgehead atoms.